The summed E-state index contributed by atoms with van der Waals surface area (Å²) < 4.78 is 5.33. The topological polar surface area (TPSA) is 29.5 Å². The number of nitrogens with zero attached hydrogens (tertiary/aromatic N) is 1. The predicted octanol–water partition coefficient (Wildman–Crippen LogP) is 4.02. The van der Waals surface area contributed by atoms with Crippen molar-refractivity contribution < 1.29 is 9.53 Å². The zero-order valence-electron chi connectivity index (χ0n) is 10.9. The molecule has 0 rings (SSSR count). The van der Waals surface area contributed by atoms with Gasteiger partial charge in [-0.3, -0.25) is 4.90 Å². The van der Waals surface area contributed by atoms with Crippen molar-refractivity contribution in [1.82, 2.24) is 4.90 Å². The van der Waals surface area contributed by atoms with E-state index in [4.69, 9.17) is 17.0 Å². The molecule has 5 heteroatoms. The van der Waals surface area contributed by atoms with Crippen LogP contribution in [0.4, 0.5) is 4.79 Å². The van der Waals surface area contributed by atoms with E-state index < -0.39 is 0 Å². The SMILES string of the molecule is CCCCC(CCC)N(C(=O)OCC)C(=S)S. The smallest absolute Gasteiger partial charge is 0.415 e. The monoisotopic (exact) mass is 277 g/mol. The lowest BCUT2D eigenvalue weighted by molar-refractivity contribution is 0.115. The van der Waals surface area contributed by atoms with Gasteiger partial charge in [0.2, 0.25) is 0 Å². The summed E-state index contributed by atoms with van der Waals surface area (Å²) in [4.78, 5) is 13.3. The molecule has 0 saturated carbocycles. The van der Waals surface area contributed by atoms with Crippen LogP contribution in [0.15, 0.2) is 0 Å². The molecule has 0 aliphatic carbocycles. The molecule has 0 aromatic carbocycles. The number of thiocarbonyl (C=S) groups is 1. The zero-order chi connectivity index (χ0) is 13.3. The van der Waals surface area contributed by atoms with E-state index in [2.05, 4.69) is 26.5 Å². The number of carbonyl (C=O) groups is 1. The molecule has 1 amide bonds. The fourth-order valence-electron chi connectivity index (χ4n) is 1.75. The van der Waals surface area contributed by atoms with E-state index in [0.29, 0.717) is 10.9 Å². The molecule has 1 atom stereocenters. The number of amides is 1. The number of hydrogen-bond donors (Lipinski definition) is 1. The van der Waals surface area contributed by atoms with Gasteiger partial charge in [-0.05, 0) is 19.8 Å². The van der Waals surface area contributed by atoms with Crippen molar-refractivity contribution in [1.29, 1.82) is 0 Å². The van der Waals surface area contributed by atoms with Crippen molar-refractivity contribution in [3.8, 4) is 0 Å². The number of rotatable bonds is 7. The van der Waals surface area contributed by atoms with Crippen LogP contribution in [0, 0.1) is 0 Å². The summed E-state index contributed by atoms with van der Waals surface area (Å²) in [5, 5.41) is 0. The molecule has 0 N–H and O–H groups in total. The first-order valence-corrected chi connectivity index (χ1v) is 7.12. The zero-order valence-corrected chi connectivity index (χ0v) is 12.7. The summed E-state index contributed by atoms with van der Waals surface area (Å²) in [6.07, 6.45) is 4.71. The highest BCUT2D eigenvalue weighted by atomic mass is 32.1. The molecule has 0 aliphatic rings. The largest absolute Gasteiger partial charge is 0.449 e. The average Bonchev–Trinajstić information content (AvgIpc) is 2.26. The predicted molar refractivity (Wildman–Crippen MR) is 78.7 cm³/mol. The van der Waals surface area contributed by atoms with Gasteiger partial charge in [-0.2, -0.15) is 0 Å². The summed E-state index contributed by atoms with van der Waals surface area (Å²) in [7, 11) is 0. The molecule has 0 aliphatic heterocycles. The van der Waals surface area contributed by atoms with Crippen LogP contribution >= 0.6 is 24.8 Å². The standard InChI is InChI=1S/C12H23NO2S2/c1-4-7-9-10(8-5-2)13(12(16)17)11(14)15-6-3/h10H,4-9H2,1-3H3,(H,16,17). The molecule has 0 spiro atoms. The Morgan fingerprint density at radius 2 is 1.94 bits per heavy atom. The Hall–Kier alpha value is -0.290. The van der Waals surface area contributed by atoms with E-state index in [1.807, 2.05) is 0 Å². The molecule has 0 aromatic rings. The summed E-state index contributed by atoms with van der Waals surface area (Å²) in [6, 6.07) is 0.115. The highest BCUT2D eigenvalue weighted by Gasteiger charge is 2.25. The van der Waals surface area contributed by atoms with Gasteiger partial charge in [0, 0.05) is 6.04 Å². The maximum absolute atomic E-state index is 11.8. The Bertz CT molecular complexity index is 247. The van der Waals surface area contributed by atoms with Crippen LogP contribution in [0.25, 0.3) is 0 Å². The van der Waals surface area contributed by atoms with Crippen LogP contribution in [0.5, 0.6) is 0 Å². The van der Waals surface area contributed by atoms with Crippen LogP contribution in [0.2, 0.25) is 0 Å². The molecular formula is C12H23NO2S2. The third-order valence-corrected chi connectivity index (χ3v) is 2.96. The lowest BCUT2D eigenvalue weighted by Crippen LogP contribution is -2.42. The maximum atomic E-state index is 11.8. The molecule has 1 unspecified atom stereocenters. The van der Waals surface area contributed by atoms with Crippen LogP contribution in [0.1, 0.15) is 52.9 Å². The number of ether oxygens (including phenoxy) is 1. The number of carbonyl (C=O) groups excluding carboxylic acids is 1. The second-order valence-electron chi connectivity index (χ2n) is 3.94. The van der Waals surface area contributed by atoms with E-state index in [9.17, 15) is 4.79 Å². The normalized spacial score (nSPS) is 12.0. The third kappa shape index (κ3) is 6.27. The second-order valence-corrected chi connectivity index (χ2v) is 5.05. The first-order chi connectivity index (χ1) is 8.08. The molecule has 3 nitrogen and oxygen atoms in total. The Kier molecular flexibility index (Phi) is 9.55. The Morgan fingerprint density at radius 3 is 2.35 bits per heavy atom. The molecule has 0 fully saturated rings. The maximum Gasteiger partial charge on any atom is 0.415 e. The van der Waals surface area contributed by atoms with Crippen molar-refractivity contribution in [3.05, 3.63) is 0 Å². The van der Waals surface area contributed by atoms with E-state index in [1.165, 1.54) is 4.90 Å². The van der Waals surface area contributed by atoms with Crippen molar-refractivity contribution in [2.24, 2.45) is 0 Å². The summed E-state index contributed by atoms with van der Waals surface area (Å²) in [5.41, 5.74) is 0. The van der Waals surface area contributed by atoms with Gasteiger partial charge in [0.05, 0.1) is 6.61 Å². The van der Waals surface area contributed by atoms with E-state index in [-0.39, 0.29) is 12.1 Å². The van der Waals surface area contributed by atoms with Crippen LogP contribution in [-0.4, -0.2) is 28.0 Å². The van der Waals surface area contributed by atoms with E-state index >= 15 is 0 Å². The third-order valence-electron chi connectivity index (χ3n) is 2.55. The minimum Gasteiger partial charge on any atom is -0.449 e. The molecule has 17 heavy (non-hydrogen) atoms. The van der Waals surface area contributed by atoms with E-state index in [1.54, 1.807) is 6.92 Å². The average molecular weight is 277 g/mol. The van der Waals surface area contributed by atoms with Gasteiger partial charge in [0.15, 0.2) is 0 Å². The van der Waals surface area contributed by atoms with Gasteiger partial charge in [-0.25, -0.2) is 4.79 Å². The van der Waals surface area contributed by atoms with Crippen molar-refractivity contribution in [2.75, 3.05) is 6.61 Å². The Labute approximate surface area is 115 Å². The first kappa shape index (κ1) is 16.7. The quantitative estimate of drug-likeness (QED) is 0.563. The summed E-state index contributed by atoms with van der Waals surface area (Å²) in [5.74, 6) is 0. The Morgan fingerprint density at radius 1 is 1.29 bits per heavy atom. The summed E-state index contributed by atoms with van der Waals surface area (Å²) in [6.45, 7) is 6.39. The lowest BCUT2D eigenvalue weighted by atomic mass is 10.0. The second kappa shape index (κ2) is 9.71. The van der Waals surface area contributed by atoms with Crippen LogP contribution < -0.4 is 0 Å². The molecule has 0 heterocycles. The molecule has 0 saturated heterocycles. The molecular weight excluding hydrogens is 254 g/mol. The fourth-order valence-corrected chi connectivity index (χ4v) is 2.22. The van der Waals surface area contributed by atoms with Gasteiger partial charge in [-0.15, -0.1) is 12.6 Å². The number of thiol groups is 1. The Balaban J connectivity index is 4.69. The van der Waals surface area contributed by atoms with Crippen molar-refractivity contribution in [2.45, 2.75) is 58.9 Å². The van der Waals surface area contributed by atoms with Gasteiger partial charge in [-0.1, -0.05) is 45.3 Å². The minimum atomic E-state index is -0.373. The van der Waals surface area contributed by atoms with Crippen molar-refractivity contribution >= 4 is 35.3 Å². The van der Waals surface area contributed by atoms with Gasteiger partial charge < -0.3 is 4.74 Å². The highest BCUT2D eigenvalue weighted by Crippen LogP contribution is 2.18. The number of hydrogen-bond acceptors (Lipinski definition) is 3. The van der Waals surface area contributed by atoms with Gasteiger partial charge in [0.25, 0.3) is 0 Å². The first-order valence-electron chi connectivity index (χ1n) is 6.27. The summed E-state index contributed by atoms with van der Waals surface area (Å²) >= 11 is 9.17. The molecule has 0 radical (unpaired) electrons. The van der Waals surface area contributed by atoms with Crippen LogP contribution in [0.3, 0.4) is 0 Å². The number of unbranched alkanes of at least 4 members (excludes halogenated alkanes) is 1. The van der Waals surface area contributed by atoms with Crippen molar-refractivity contribution in [3.63, 3.8) is 0 Å². The van der Waals surface area contributed by atoms with Crippen LogP contribution in [-0.2, 0) is 4.74 Å². The fraction of sp³-hybridized carbons (Fsp3) is 0.833. The molecule has 0 aromatic heterocycles. The molecule has 0 bridgehead atoms. The minimum absolute atomic E-state index is 0.115. The van der Waals surface area contributed by atoms with E-state index in [0.717, 1.165) is 32.1 Å². The lowest BCUT2D eigenvalue weighted by Gasteiger charge is -2.29. The highest BCUT2D eigenvalue weighted by molar-refractivity contribution is 8.11. The van der Waals surface area contributed by atoms with Gasteiger partial charge >= 0.3 is 6.09 Å². The molecule has 100 valence electrons. The van der Waals surface area contributed by atoms with Gasteiger partial charge in [0.1, 0.15) is 4.32 Å².